The Labute approximate surface area is 142 Å². The van der Waals surface area contributed by atoms with Crippen LogP contribution in [0.3, 0.4) is 0 Å². The van der Waals surface area contributed by atoms with Gasteiger partial charge in [-0.25, -0.2) is 4.79 Å². The van der Waals surface area contributed by atoms with Gasteiger partial charge in [-0.05, 0) is 36.1 Å². The smallest absolute Gasteiger partial charge is 0.319 e. The molecule has 4 heteroatoms. The van der Waals surface area contributed by atoms with Crippen molar-refractivity contribution in [3.63, 3.8) is 0 Å². The summed E-state index contributed by atoms with van der Waals surface area (Å²) in [6.45, 7) is 6.92. The number of aryl methyl sites for hydroxylation is 1. The molecule has 3 nitrogen and oxygen atoms in total. The normalized spacial score (nSPS) is 10.6. The number of carbonyl (C=O) groups is 1. The van der Waals surface area contributed by atoms with Crippen LogP contribution in [0.25, 0.3) is 0 Å². The summed E-state index contributed by atoms with van der Waals surface area (Å²) < 4.78 is 0. The van der Waals surface area contributed by atoms with Gasteiger partial charge in [0.1, 0.15) is 0 Å². The molecular formula is C19H24N2OS. The van der Waals surface area contributed by atoms with Gasteiger partial charge in [-0.2, -0.15) is 0 Å². The Morgan fingerprint density at radius 3 is 2.52 bits per heavy atom. The number of hydrogen-bond acceptors (Lipinski definition) is 2. The Bertz CT molecular complexity index is 641. The van der Waals surface area contributed by atoms with Gasteiger partial charge in [0, 0.05) is 22.9 Å². The zero-order valence-electron chi connectivity index (χ0n) is 13.9. The molecule has 0 aliphatic rings. The van der Waals surface area contributed by atoms with Gasteiger partial charge in [-0.15, -0.1) is 11.8 Å². The van der Waals surface area contributed by atoms with E-state index in [1.54, 1.807) is 11.8 Å². The molecule has 0 spiro atoms. The molecule has 0 atom stereocenters. The first kappa shape index (κ1) is 17.4. The van der Waals surface area contributed by atoms with Gasteiger partial charge in [-0.3, -0.25) is 0 Å². The molecule has 2 N–H and O–H groups in total. The summed E-state index contributed by atoms with van der Waals surface area (Å²) in [6, 6.07) is 16.2. The highest BCUT2D eigenvalue weighted by Gasteiger charge is 2.11. The van der Waals surface area contributed by atoms with Crippen molar-refractivity contribution in [2.75, 3.05) is 17.6 Å². The number of para-hydroxylation sites is 1. The van der Waals surface area contributed by atoms with Crippen LogP contribution in [-0.2, 0) is 0 Å². The number of anilines is 1. The van der Waals surface area contributed by atoms with Crippen LogP contribution in [0.15, 0.2) is 53.4 Å². The van der Waals surface area contributed by atoms with Crippen LogP contribution in [-0.4, -0.2) is 18.3 Å². The lowest BCUT2D eigenvalue weighted by Gasteiger charge is -2.16. The molecule has 2 amide bonds. The average Bonchev–Trinajstić information content (AvgIpc) is 2.54. The lowest BCUT2D eigenvalue weighted by atomic mass is 9.98. The monoisotopic (exact) mass is 328 g/mol. The third kappa shape index (κ3) is 5.32. The van der Waals surface area contributed by atoms with Crippen molar-refractivity contribution in [3.8, 4) is 0 Å². The molecule has 0 saturated heterocycles. The Kier molecular flexibility index (Phi) is 6.53. The first-order valence-electron chi connectivity index (χ1n) is 7.90. The minimum atomic E-state index is -0.144. The largest absolute Gasteiger partial charge is 0.337 e. The maximum Gasteiger partial charge on any atom is 0.319 e. The Hall–Kier alpha value is -1.94. The van der Waals surface area contributed by atoms with E-state index < -0.39 is 0 Å². The van der Waals surface area contributed by atoms with Crippen molar-refractivity contribution in [3.05, 3.63) is 59.7 Å². The second kappa shape index (κ2) is 8.63. The lowest BCUT2D eigenvalue weighted by molar-refractivity contribution is 0.252. The van der Waals surface area contributed by atoms with Crippen LogP contribution in [0.2, 0.25) is 0 Å². The molecule has 0 bridgehead atoms. The molecule has 0 unspecified atom stereocenters. The number of amides is 2. The fourth-order valence-corrected chi connectivity index (χ4v) is 3.14. The highest BCUT2D eigenvalue weighted by Crippen LogP contribution is 2.27. The summed E-state index contributed by atoms with van der Waals surface area (Å²) >= 11 is 1.74. The second-order valence-corrected chi connectivity index (χ2v) is 6.90. The standard InChI is InChI=1S/C19H24N2OS/c1-14(2)17-11-7-8-15(3)18(17)21-19(22)20-12-13-23-16-9-5-4-6-10-16/h4-11,14H,12-13H2,1-3H3,(H2,20,21,22). The Morgan fingerprint density at radius 2 is 1.83 bits per heavy atom. The van der Waals surface area contributed by atoms with Gasteiger partial charge >= 0.3 is 6.03 Å². The minimum Gasteiger partial charge on any atom is -0.337 e. The van der Waals surface area contributed by atoms with Crippen LogP contribution >= 0.6 is 11.8 Å². The maximum absolute atomic E-state index is 12.1. The van der Waals surface area contributed by atoms with E-state index in [1.165, 1.54) is 10.5 Å². The zero-order chi connectivity index (χ0) is 16.7. The molecule has 2 aromatic rings. The highest BCUT2D eigenvalue weighted by atomic mass is 32.2. The number of urea groups is 1. The number of thioether (sulfide) groups is 1. The van der Waals surface area contributed by atoms with Gasteiger partial charge in [0.25, 0.3) is 0 Å². The van der Waals surface area contributed by atoms with Crippen LogP contribution in [0, 0.1) is 6.92 Å². The van der Waals surface area contributed by atoms with Gasteiger partial charge in [0.2, 0.25) is 0 Å². The van der Waals surface area contributed by atoms with Crippen LogP contribution < -0.4 is 10.6 Å². The Balaban J connectivity index is 1.83. The van der Waals surface area contributed by atoms with Gasteiger partial charge in [0.15, 0.2) is 0 Å². The third-order valence-corrected chi connectivity index (χ3v) is 4.58. The van der Waals surface area contributed by atoms with Crippen molar-refractivity contribution in [2.45, 2.75) is 31.6 Å². The van der Waals surface area contributed by atoms with E-state index in [2.05, 4.69) is 42.7 Å². The Morgan fingerprint density at radius 1 is 1.09 bits per heavy atom. The average molecular weight is 328 g/mol. The molecule has 2 aromatic carbocycles. The van der Waals surface area contributed by atoms with Gasteiger partial charge in [-0.1, -0.05) is 50.2 Å². The molecule has 0 aliphatic carbocycles. The molecular weight excluding hydrogens is 304 g/mol. The maximum atomic E-state index is 12.1. The highest BCUT2D eigenvalue weighted by molar-refractivity contribution is 7.99. The first-order chi connectivity index (χ1) is 11.1. The summed E-state index contributed by atoms with van der Waals surface area (Å²) in [7, 11) is 0. The van der Waals surface area contributed by atoms with Crippen LogP contribution in [0.1, 0.15) is 30.9 Å². The number of carbonyl (C=O) groups excluding carboxylic acids is 1. The van der Waals surface area contributed by atoms with E-state index in [1.807, 2.05) is 37.3 Å². The predicted octanol–water partition coefficient (Wildman–Crippen LogP) is 5.03. The lowest BCUT2D eigenvalue weighted by Crippen LogP contribution is -2.31. The summed E-state index contributed by atoms with van der Waals surface area (Å²) in [5.74, 6) is 1.22. The summed E-state index contributed by atoms with van der Waals surface area (Å²) in [5.41, 5.74) is 3.18. The molecule has 0 saturated carbocycles. The second-order valence-electron chi connectivity index (χ2n) is 5.74. The molecule has 0 aliphatic heterocycles. The van der Waals surface area contributed by atoms with Crippen molar-refractivity contribution >= 4 is 23.5 Å². The van der Waals surface area contributed by atoms with E-state index in [0.717, 1.165) is 17.0 Å². The topological polar surface area (TPSA) is 41.1 Å². The van der Waals surface area contributed by atoms with E-state index in [4.69, 9.17) is 0 Å². The molecule has 0 radical (unpaired) electrons. The fraction of sp³-hybridized carbons (Fsp3) is 0.316. The number of rotatable bonds is 6. The van der Waals surface area contributed by atoms with Crippen LogP contribution in [0.5, 0.6) is 0 Å². The molecule has 23 heavy (non-hydrogen) atoms. The van der Waals surface area contributed by atoms with Crippen molar-refractivity contribution in [1.82, 2.24) is 5.32 Å². The van der Waals surface area contributed by atoms with Crippen molar-refractivity contribution in [2.24, 2.45) is 0 Å². The summed E-state index contributed by atoms with van der Waals surface area (Å²) in [4.78, 5) is 13.3. The minimum absolute atomic E-state index is 0.144. The molecule has 122 valence electrons. The molecule has 0 aromatic heterocycles. The summed E-state index contributed by atoms with van der Waals surface area (Å²) in [5, 5.41) is 5.92. The van der Waals surface area contributed by atoms with E-state index in [-0.39, 0.29) is 6.03 Å². The third-order valence-electron chi connectivity index (χ3n) is 3.57. The fourth-order valence-electron chi connectivity index (χ4n) is 2.35. The molecule has 0 heterocycles. The van der Waals surface area contributed by atoms with E-state index in [0.29, 0.717) is 12.5 Å². The van der Waals surface area contributed by atoms with Crippen LogP contribution in [0.4, 0.5) is 10.5 Å². The molecule has 0 fully saturated rings. The van der Waals surface area contributed by atoms with Gasteiger partial charge < -0.3 is 10.6 Å². The quantitative estimate of drug-likeness (QED) is 0.576. The molecule has 2 rings (SSSR count). The zero-order valence-corrected chi connectivity index (χ0v) is 14.7. The SMILES string of the molecule is Cc1cccc(C(C)C)c1NC(=O)NCCSc1ccccc1. The van der Waals surface area contributed by atoms with Crippen molar-refractivity contribution in [1.29, 1.82) is 0 Å². The van der Waals surface area contributed by atoms with E-state index >= 15 is 0 Å². The first-order valence-corrected chi connectivity index (χ1v) is 8.88. The van der Waals surface area contributed by atoms with E-state index in [9.17, 15) is 4.79 Å². The predicted molar refractivity (Wildman–Crippen MR) is 99.5 cm³/mol. The van der Waals surface area contributed by atoms with Crippen molar-refractivity contribution < 1.29 is 4.79 Å². The number of benzene rings is 2. The number of nitrogens with one attached hydrogen (secondary N) is 2. The summed E-state index contributed by atoms with van der Waals surface area (Å²) in [6.07, 6.45) is 0. The van der Waals surface area contributed by atoms with Gasteiger partial charge in [0.05, 0.1) is 0 Å². The number of hydrogen-bond donors (Lipinski definition) is 2.